The summed E-state index contributed by atoms with van der Waals surface area (Å²) in [6.07, 6.45) is -12.1. The first-order chi connectivity index (χ1) is 25.5. The zero-order valence-electron chi connectivity index (χ0n) is 30.4. The van der Waals surface area contributed by atoms with Gasteiger partial charge < -0.3 is 47.4 Å². The Labute approximate surface area is 313 Å². The van der Waals surface area contributed by atoms with E-state index in [1.165, 1.54) is 0 Å². The van der Waals surface area contributed by atoms with Crippen LogP contribution >= 0.6 is 11.8 Å². The summed E-state index contributed by atoms with van der Waals surface area (Å²) in [5.74, 6) is -5.71. The highest BCUT2D eigenvalue weighted by molar-refractivity contribution is 8.00. The highest BCUT2D eigenvalue weighted by Crippen LogP contribution is 2.41. The van der Waals surface area contributed by atoms with Gasteiger partial charge in [-0.15, -0.1) is 0 Å². The minimum Gasteiger partial charge on any atom is -0.463 e. The van der Waals surface area contributed by atoms with Gasteiger partial charge in [0, 0.05) is 64.9 Å². The average Bonchev–Trinajstić information content (AvgIpc) is 3.07. The number of nitrogens with zero attached hydrogens (tertiary/aromatic N) is 1. The van der Waals surface area contributed by atoms with Crippen LogP contribution in [0.25, 0.3) is 10.9 Å². The number of thioether (sulfide) groups is 1. The Kier molecular flexibility index (Phi) is 14.7. The van der Waals surface area contributed by atoms with Crippen molar-refractivity contribution in [3.05, 3.63) is 36.5 Å². The molecule has 4 rings (SSSR count). The maximum Gasteiger partial charge on any atom is 0.303 e. The first-order valence-electron chi connectivity index (χ1n) is 16.6. The molecule has 0 saturated carbocycles. The van der Waals surface area contributed by atoms with Gasteiger partial charge in [0.2, 0.25) is 0 Å². The molecule has 2 aromatic rings. The molecule has 0 amide bonds. The fourth-order valence-corrected chi connectivity index (χ4v) is 7.10. The number of ether oxygens (including phenoxy) is 10. The van der Waals surface area contributed by atoms with E-state index in [4.69, 9.17) is 47.4 Å². The lowest BCUT2D eigenvalue weighted by molar-refractivity contribution is -0.341. The predicted octanol–water partition coefficient (Wildman–Crippen LogP) is 1.95. The molecule has 1 aromatic heterocycles. The third-order valence-corrected chi connectivity index (χ3v) is 8.92. The predicted molar refractivity (Wildman–Crippen MR) is 181 cm³/mol. The Balaban J connectivity index is 1.84. The number of fused-ring (bicyclic) bond motifs is 1. The van der Waals surface area contributed by atoms with Crippen molar-refractivity contribution >= 4 is 64.4 Å². The lowest BCUT2D eigenvalue weighted by Crippen LogP contribution is -2.66. The number of carbonyl (C=O) groups is 7. The molecule has 0 spiro atoms. The van der Waals surface area contributed by atoms with Crippen LogP contribution in [0.5, 0.6) is 0 Å². The second-order valence-corrected chi connectivity index (χ2v) is 13.3. The Hall–Kier alpha value is -4.85. The van der Waals surface area contributed by atoms with Crippen molar-refractivity contribution in [1.82, 2.24) is 4.98 Å². The van der Waals surface area contributed by atoms with Gasteiger partial charge in [0.15, 0.2) is 36.8 Å². The summed E-state index contributed by atoms with van der Waals surface area (Å²) in [6.45, 7) is 6.60. The molecule has 10 unspecified atom stereocenters. The lowest BCUT2D eigenvalue weighted by Gasteiger charge is -2.48. The van der Waals surface area contributed by atoms with E-state index in [1.54, 1.807) is 24.4 Å². The number of esters is 7. The molecule has 19 heteroatoms. The lowest BCUT2D eigenvalue weighted by atomic mass is 9.96. The summed E-state index contributed by atoms with van der Waals surface area (Å²) in [4.78, 5) is 91.3. The van der Waals surface area contributed by atoms with Gasteiger partial charge in [-0.1, -0.05) is 30.0 Å². The molecule has 2 aliphatic rings. The number of carbonyl (C=O) groups excluding carboxylic acids is 7. The maximum absolute atomic E-state index is 12.7. The van der Waals surface area contributed by atoms with Gasteiger partial charge in [-0.2, -0.15) is 0 Å². The fraction of sp³-hybridized carbons (Fsp3) is 0.543. The molecule has 2 saturated heterocycles. The van der Waals surface area contributed by atoms with Crippen LogP contribution in [-0.2, 0) is 80.9 Å². The second-order valence-electron chi connectivity index (χ2n) is 12.1. The standard InChI is InChI=1S/C35H41NO17S/c1-16(37)44-14-24-28(46-18(3)39)30(47-19(4)40)32(49-21(6)42)34(51-24)53-29-25(15-45-17(2)38)52-35(33(50-22(7)43)31(29)48-20(5)41)54-26-12-8-10-23-11-9-13-36-27(23)26/h8-13,24-25,28-35H,14-15H2,1-7H3. The van der Waals surface area contributed by atoms with Gasteiger partial charge in [0.1, 0.15) is 37.0 Å². The number of para-hydroxylation sites is 1. The normalized spacial score (nSPS) is 27.8. The van der Waals surface area contributed by atoms with Crippen LogP contribution in [0.3, 0.4) is 0 Å². The van der Waals surface area contributed by atoms with Crippen LogP contribution in [0, 0.1) is 0 Å². The zero-order chi connectivity index (χ0) is 39.7. The Morgan fingerprint density at radius 1 is 0.574 bits per heavy atom. The second kappa shape index (κ2) is 19.0. The number of pyridine rings is 1. The van der Waals surface area contributed by atoms with E-state index < -0.39 is 116 Å². The zero-order valence-corrected chi connectivity index (χ0v) is 31.3. The van der Waals surface area contributed by atoms with E-state index >= 15 is 0 Å². The molecule has 0 bridgehead atoms. The highest BCUT2D eigenvalue weighted by Gasteiger charge is 2.57. The van der Waals surface area contributed by atoms with E-state index in [9.17, 15) is 33.6 Å². The van der Waals surface area contributed by atoms with E-state index in [-0.39, 0.29) is 0 Å². The summed E-state index contributed by atoms with van der Waals surface area (Å²) in [5.41, 5.74) is -0.548. The third-order valence-electron chi connectivity index (χ3n) is 7.72. The van der Waals surface area contributed by atoms with Gasteiger partial charge in [-0.05, 0) is 12.1 Å². The average molecular weight is 780 g/mol. The largest absolute Gasteiger partial charge is 0.463 e. The summed E-state index contributed by atoms with van der Waals surface area (Å²) in [5, 5.41) is 0.792. The van der Waals surface area contributed by atoms with Crippen molar-refractivity contribution in [3.63, 3.8) is 0 Å². The molecule has 0 N–H and O–H groups in total. The summed E-state index contributed by atoms with van der Waals surface area (Å²) < 4.78 is 57.4. The number of hydrogen-bond donors (Lipinski definition) is 0. The van der Waals surface area contributed by atoms with Gasteiger partial charge in [-0.3, -0.25) is 38.5 Å². The molecule has 1 aromatic carbocycles. The number of aromatic nitrogens is 1. The van der Waals surface area contributed by atoms with E-state index in [1.807, 2.05) is 12.1 Å². The van der Waals surface area contributed by atoms with E-state index in [0.29, 0.717) is 10.4 Å². The van der Waals surface area contributed by atoms with Gasteiger partial charge in [0.05, 0.1) is 5.52 Å². The first-order valence-corrected chi connectivity index (χ1v) is 17.5. The highest BCUT2D eigenvalue weighted by atomic mass is 32.2. The number of rotatable bonds is 13. The molecule has 0 radical (unpaired) electrons. The molecular formula is C35H41NO17S. The molecule has 294 valence electrons. The monoisotopic (exact) mass is 779 g/mol. The van der Waals surface area contributed by atoms with Crippen LogP contribution in [0.2, 0.25) is 0 Å². The van der Waals surface area contributed by atoms with Crippen LogP contribution < -0.4 is 0 Å². The van der Waals surface area contributed by atoms with Crippen molar-refractivity contribution in [2.75, 3.05) is 13.2 Å². The minimum atomic E-state index is -1.78. The topological polar surface area (TPSA) is 225 Å². The van der Waals surface area contributed by atoms with E-state index in [0.717, 1.165) is 65.6 Å². The molecular weight excluding hydrogens is 738 g/mol. The minimum absolute atomic E-state index is 0.499. The third kappa shape index (κ3) is 11.3. The molecule has 3 heterocycles. The van der Waals surface area contributed by atoms with Gasteiger partial charge in [0.25, 0.3) is 0 Å². The van der Waals surface area contributed by atoms with Gasteiger partial charge in [-0.25, -0.2) is 0 Å². The molecule has 18 nitrogen and oxygen atoms in total. The first kappa shape index (κ1) is 41.9. The molecule has 2 fully saturated rings. The van der Waals surface area contributed by atoms with E-state index in [2.05, 4.69) is 4.98 Å². The number of hydrogen-bond acceptors (Lipinski definition) is 19. The Morgan fingerprint density at radius 3 is 1.61 bits per heavy atom. The molecule has 2 aliphatic heterocycles. The molecule has 10 atom stereocenters. The fourth-order valence-electron chi connectivity index (χ4n) is 5.86. The van der Waals surface area contributed by atoms with Crippen LogP contribution in [0.15, 0.2) is 41.4 Å². The van der Waals surface area contributed by atoms with Crippen molar-refractivity contribution in [3.8, 4) is 0 Å². The Bertz CT molecular complexity index is 1710. The van der Waals surface area contributed by atoms with Crippen molar-refractivity contribution in [2.24, 2.45) is 0 Å². The summed E-state index contributed by atoms with van der Waals surface area (Å²) >= 11 is 1.09. The van der Waals surface area contributed by atoms with Crippen LogP contribution in [0.1, 0.15) is 48.5 Å². The van der Waals surface area contributed by atoms with Crippen molar-refractivity contribution in [1.29, 1.82) is 0 Å². The van der Waals surface area contributed by atoms with Crippen LogP contribution in [0.4, 0.5) is 0 Å². The maximum atomic E-state index is 12.7. The summed E-state index contributed by atoms with van der Waals surface area (Å²) in [6, 6.07) is 9.00. The van der Waals surface area contributed by atoms with Gasteiger partial charge >= 0.3 is 41.8 Å². The summed E-state index contributed by atoms with van der Waals surface area (Å²) in [7, 11) is 0. The van der Waals surface area contributed by atoms with Crippen molar-refractivity contribution in [2.45, 2.75) is 114 Å². The molecule has 0 aliphatic carbocycles. The van der Waals surface area contributed by atoms with Crippen molar-refractivity contribution < 1.29 is 80.9 Å². The Morgan fingerprint density at radius 2 is 1.06 bits per heavy atom. The molecule has 54 heavy (non-hydrogen) atoms. The SMILES string of the molecule is CC(=O)OCC1OC(OC2C(COC(C)=O)OC(Sc3cccc4cccnc34)C(OC(C)=O)C2OC(C)=O)C(OC(C)=O)C(OC(C)=O)C1OC(C)=O. The smallest absolute Gasteiger partial charge is 0.303 e. The van der Waals surface area contributed by atoms with Crippen LogP contribution in [-0.4, -0.2) is 121 Å². The number of benzene rings is 1. The quantitative estimate of drug-likeness (QED) is 0.209.